The first-order valence-corrected chi connectivity index (χ1v) is 8.52. The molecule has 0 aromatic carbocycles. The monoisotopic (exact) mass is 302 g/mol. The lowest BCUT2D eigenvalue weighted by molar-refractivity contribution is 0.620. The van der Waals surface area contributed by atoms with Crippen LogP contribution in [0.2, 0.25) is 0 Å². The van der Waals surface area contributed by atoms with Crippen molar-refractivity contribution in [3.8, 4) is 0 Å². The van der Waals surface area contributed by atoms with Crippen LogP contribution >= 0.6 is 11.3 Å². The van der Waals surface area contributed by atoms with E-state index >= 15 is 0 Å². The Bertz CT molecular complexity index is 578. The predicted molar refractivity (Wildman–Crippen MR) is 87.8 cm³/mol. The molecule has 4 nitrogen and oxygen atoms in total. The van der Waals surface area contributed by atoms with Gasteiger partial charge in [0.2, 0.25) is 0 Å². The third-order valence-electron chi connectivity index (χ3n) is 4.00. The van der Waals surface area contributed by atoms with E-state index in [1.165, 1.54) is 10.4 Å². The first-order valence-electron chi connectivity index (χ1n) is 7.64. The lowest BCUT2D eigenvalue weighted by Gasteiger charge is -2.34. The number of rotatable bonds is 5. The van der Waals surface area contributed by atoms with Crippen molar-refractivity contribution in [2.45, 2.75) is 39.3 Å². The van der Waals surface area contributed by atoms with Gasteiger partial charge in [0.05, 0.1) is 24.1 Å². The van der Waals surface area contributed by atoms with Gasteiger partial charge in [-0.25, -0.2) is 4.98 Å². The molecule has 2 aromatic heterocycles. The van der Waals surface area contributed by atoms with Crippen LogP contribution in [0.3, 0.4) is 0 Å². The number of aromatic nitrogens is 2. The molecule has 3 rings (SSSR count). The van der Waals surface area contributed by atoms with E-state index in [2.05, 4.69) is 45.5 Å². The summed E-state index contributed by atoms with van der Waals surface area (Å²) in [7, 11) is 0. The van der Waals surface area contributed by atoms with E-state index in [0.717, 1.165) is 44.0 Å². The molecule has 1 aliphatic heterocycles. The van der Waals surface area contributed by atoms with E-state index in [4.69, 9.17) is 0 Å². The van der Waals surface area contributed by atoms with Gasteiger partial charge in [-0.05, 0) is 43.3 Å². The molecule has 0 fully saturated rings. The van der Waals surface area contributed by atoms with Crippen molar-refractivity contribution in [1.82, 2.24) is 15.3 Å². The summed E-state index contributed by atoms with van der Waals surface area (Å²) in [5.74, 6) is 0.985. The van der Waals surface area contributed by atoms with Gasteiger partial charge in [-0.2, -0.15) is 0 Å². The number of hydrogen-bond donors (Lipinski definition) is 1. The Morgan fingerprint density at radius 1 is 1.38 bits per heavy atom. The maximum Gasteiger partial charge on any atom is 0.147 e. The molecule has 1 N–H and O–H groups in total. The summed E-state index contributed by atoms with van der Waals surface area (Å²) in [6.45, 7) is 7.26. The number of hydrogen-bond acceptors (Lipinski definition) is 5. The third-order valence-corrected chi connectivity index (χ3v) is 4.99. The smallest absolute Gasteiger partial charge is 0.147 e. The first kappa shape index (κ1) is 14.5. The van der Waals surface area contributed by atoms with E-state index in [0.29, 0.717) is 6.04 Å². The highest BCUT2D eigenvalue weighted by atomic mass is 32.1. The van der Waals surface area contributed by atoms with Crippen molar-refractivity contribution in [1.29, 1.82) is 0 Å². The number of fused-ring (bicyclic) bond motifs is 1. The van der Waals surface area contributed by atoms with E-state index in [9.17, 15) is 0 Å². The van der Waals surface area contributed by atoms with E-state index in [-0.39, 0.29) is 0 Å². The van der Waals surface area contributed by atoms with Crippen LogP contribution in [0.1, 0.15) is 42.4 Å². The molecule has 1 aliphatic rings. The lowest BCUT2D eigenvalue weighted by Crippen LogP contribution is -2.33. The minimum absolute atomic E-state index is 0.387. The van der Waals surface area contributed by atoms with Crippen molar-refractivity contribution < 1.29 is 0 Å². The Labute approximate surface area is 130 Å². The summed E-state index contributed by atoms with van der Waals surface area (Å²) in [5.41, 5.74) is 2.45. The van der Waals surface area contributed by atoms with Gasteiger partial charge in [0.25, 0.3) is 0 Å². The highest BCUT2D eigenvalue weighted by molar-refractivity contribution is 7.10. The second kappa shape index (κ2) is 6.54. The van der Waals surface area contributed by atoms with Crippen LogP contribution in [0.25, 0.3) is 0 Å². The number of thiophene rings is 1. The highest BCUT2D eigenvalue weighted by Gasteiger charge is 2.25. The topological polar surface area (TPSA) is 41.1 Å². The Hall–Kier alpha value is -1.46. The molecule has 0 spiro atoms. The molecule has 112 valence electrons. The van der Waals surface area contributed by atoms with Gasteiger partial charge in [-0.15, -0.1) is 11.3 Å². The maximum absolute atomic E-state index is 4.62. The summed E-state index contributed by atoms with van der Waals surface area (Å²) in [6, 6.07) is 2.63. The van der Waals surface area contributed by atoms with Gasteiger partial charge in [0.1, 0.15) is 5.82 Å². The zero-order valence-electron chi connectivity index (χ0n) is 12.7. The summed E-state index contributed by atoms with van der Waals surface area (Å²) in [4.78, 5) is 13.0. The molecule has 1 unspecified atom stereocenters. The third kappa shape index (κ3) is 3.09. The van der Waals surface area contributed by atoms with Crippen LogP contribution in [0.5, 0.6) is 0 Å². The molecule has 21 heavy (non-hydrogen) atoms. The fraction of sp³-hybridized carbons (Fsp3) is 0.500. The van der Waals surface area contributed by atoms with Crippen LogP contribution in [-0.2, 0) is 13.0 Å². The minimum atomic E-state index is 0.387. The zero-order chi connectivity index (χ0) is 14.7. The summed E-state index contributed by atoms with van der Waals surface area (Å²) < 4.78 is 0. The summed E-state index contributed by atoms with van der Waals surface area (Å²) in [6.07, 6.45) is 6.06. The summed E-state index contributed by atoms with van der Waals surface area (Å²) >= 11 is 1.87. The van der Waals surface area contributed by atoms with Crippen molar-refractivity contribution in [3.63, 3.8) is 0 Å². The predicted octanol–water partition coefficient (Wildman–Crippen LogP) is 3.16. The van der Waals surface area contributed by atoms with Gasteiger partial charge in [-0.1, -0.05) is 6.92 Å². The molecule has 0 saturated heterocycles. The van der Waals surface area contributed by atoms with Gasteiger partial charge >= 0.3 is 0 Å². The minimum Gasteiger partial charge on any atom is -0.348 e. The van der Waals surface area contributed by atoms with Crippen LogP contribution < -0.4 is 10.2 Å². The number of nitrogens with zero attached hydrogens (tertiary/aromatic N) is 3. The van der Waals surface area contributed by atoms with Crippen LogP contribution in [0, 0.1) is 0 Å². The Morgan fingerprint density at radius 2 is 2.29 bits per heavy atom. The molecule has 3 heterocycles. The maximum atomic E-state index is 4.62. The number of nitrogens with one attached hydrogen (secondary N) is 1. The Morgan fingerprint density at radius 3 is 3.05 bits per heavy atom. The average Bonchev–Trinajstić information content (AvgIpc) is 2.98. The average molecular weight is 302 g/mol. The number of anilines is 1. The fourth-order valence-electron chi connectivity index (χ4n) is 2.80. The van der Waals surface area contributed by atoms with Crippen LogP contribution in [0.4, 0.5) is 5.82 Å². The zero-order valence-corrected chi connectivity index (χ0v) is 13.5. The molecule has 0 bridgehead atoms. The molecule has 0 amide bonds. The second-order valence-corrected chi connectivity index (χ2v) is 6.46. The molecular formula is C16H22N4S. The molecule has 1 atom stereocenters. The van der Waals surface area contributed by atoms with Gasteiger partial charge < -0.3 is 10.2 Å². The molecule has 0 radical (unpaired) electrons. The van der Waals surface area contributed by atoms with E-state index in [1.807, 2.05) is 23.7 Å². The molecule has 2 aromatic rings. The van der Waals surface area contributed by atoms with Crippen molar-refractivity contribution >= 4 is 17.2 Å². The first-order chi connectivity index (χ1) is 10.3. The van der Waals surface area contributed by atoms with E-state index in [1.54, 1.807) is 0 Å². The van der Waals surface area contributed by atoms with Gasteiger partial charge in [0, 0.05) is 18.0 Å². The van der Waals surface area contributed by atoms with Crippen molar-refractivity contribution in [2.24, 2.45) is 0 Å². The Kier molecular flexibility index (Phi) is 4.51. The van der Waals surface area contributed by atoms with Crippen LogP contribution in [0.15, 0.2) is 23.8 Å². The molecular weight excluding hydrogens is 280 g/mol. The normalized spacial score (nSPS) is 17.8. The van der Waals surface area contributed by atoms with Crippen LogP contribution in [-0.4, -0.2) is 23.1 Å². The lowest BCUT2D eigenvalue weighted by atomic mass is 10.0. The largest absolute Gasteiger partial charge is 0.348 e. The SMILES string of the molecule is CCCNCc1cnc(N2CCc3sccc3C2C)cn1. The highest BCUT2D eigenvalue weighted by Crippen LogP contribution is 2.34. The van der Waals surface area contributed by atoms with Crippen molar-refractivity contribution in [2.75, 3.05) is 18.0 Å². The van der Waals surface area contributed by atoms with Crippen molar-refractivity contribution in [3.05, 3.63) is 40.0 Å². The quantitative estimate of drug-likeness (QED) is 0.861. The van der Waals surface area contributed by atoms with Gasteiger partial charge in [-0.3, -0.25) is 4.98 Å². The molecule has 0 aliphatic carbocycles. The van der Waals surface area contributed by atoms with Gasteiger partial charge in [0.15, 0.2) is 0 Å². The second-order valence-electron chi connectivity index (χ2n) is 5.46. The Balaban J connectivity index is 1.70. The summed E-state index contributed by atoms with van der Waals surface area (Å²) in [5, 5.41) is 5.55. The molecule has 5 heteroatoms. The van der Waals surface area contributed by atoms with E-state index < -0.39 is 0 Å². The molecule has 0 saturated carbocycles. The standard InChI is InChI=1S/C16H22N4S/c1-3-6-17-9-13-10-19-16(11-18-13)20-7-4-15-14(12(20)2)5-8-21-15/h5,8,10-12,17H,3-4,6-7,9H2,1-2H3. The fourth-order valence-corrected chi connectivity index (χ4v) is 3.77.